The van der Waals surface area contributed by atoms with Gasteiger partial charge in [0.2, 0.25) is 11.8 Å². The Morgan fingerprint density at radius 1 is 0.927 bits per heavy atom. The average Bonchev–Trinajstić information content (AvgIpc) is 3.14. The molecule has 0 aromatic heterocycles. The fourth-order valence-corrected chi connectivity index (χ4v) is 6.58. The summed E-state index contributed by atoms with van der Waals surface area (Å²) in [6.45, 7) is 3.89. The molecule has 0 bridgehead atoms. The van der Waals surface area contributed by atoms with Crippen LogP contribution in [0.4, 0.5) is 5.69 Å². The zero-order chi connectivity index (χ0) is 28.4. The Labute approximate surface area is 247 Å². The van der Waals surface area contributed by atoms with Gasteiger partial charge in [-0.2, -0.15) is 0 Å². The lowest BCUT2D eigenvalue weighted by Crippen LogP contribution is -2.46. The van der Waals surface area contributed by atoms with Crippen molar-refractivity contribution in [1.82, 2.24) is 10.2 Å². The van der Waals surface area contributed by atoms with Crippen LogP contribution in [0.15, 0.2) is 83.8 Å². The SMILES string of the molecule is COc1ccc(OCCN2CCC(NC(=O)CC3CSc4ccccc4N(CCc4ccccc4)C3=O)CC2)cc1. The van der Waals surface area contributed by atoms with E-state index in [1.807, 2.05) is 65.6 Å². The monoisotopic (exact) mass is 573 g/mol. The van der Waals surface area contributed by atoms with E-state index < -0.39 is 0 Å². The molecule has 1 fully saturated rings. The fraction of sp³-hybridized carbons (Fsp3) is 0.394. The quantitative estimate of drug-likeness (QED) is 0.347. The van der Waals surface area contributed by atoms with Crippen molar-refractivity contribution < 1.29 is 19.1 Å². The molecule has 1 unspecified atom stereocenters. The zero-order valence-corrected chi connectivity index (χ0v) is 24.5. The number of benzene rings is 3. The Morgan fingerprint density at radius 2 is 1.63 bits per heavy atom. The van der Waals surface area contributed by atoms with E-state index in [0.717, 1.165) is 61.0 Å². The molecule has 2 aliphatic heterocycles. The standard InChI is InChI=1S/C33H39N3O4S/c1-39-28-11-13-29(14-12-28)40-22-21-35-18-16-27(17-19-35)34-32(37)23-26-24-41-31-10-6-5-9-30(31)36(33(26)38)20-15-25-7-3-2-4-8-25/h2-14,26-27H,15-24H2,1H3,(H,34,37). The van der Waals surface area contributed by atoms with Gasteiger partial charge in [0.1, 0.15) is 18.1 Å². The summed E-state index contributed by atoms with van der Waals surface area (Å²) in [6, 6.07) is 26.1. The highest BCUT2D eigenvalue weighted by atomic mass is 32.2. The number of piperidine rings is 1. The summed E-state index contributed by atoms with van der Waals surface area (Å²) in [7, 11) is 1.65. The van der Waals surface area contributed by atoms with E-state index in [-0.39, 0.29) is 30.2 Å². The van der Waals surface area contributed by atoms with Gasteiger partial charge >= 0.3 is 0 Å². The van der Waals surface area contributed by atoms with E-state index in [0.29, 0.717) is 18.9 Å². The van der Waals surface area contributed by atoms with Crippen molar-refractivity contribution in [2.75, 3.05) is 50.5 Å². The third kappa shape index (κ3) is 8.05. The molecular weight excluding hydrogens is 534 g/mol. The lowest BCUT2D eigenvalue weighted by Gasteiger charge is -2.32. The normalized spacial score (nSPS) is 17.9. The smallest absolute Gasteiger partial charge is 0.231 e. The van der Waals surface area contributed by atoms with Crippen LogP contribution in [0.2, 0.25) is 0 Å². The molecule has 5 rings (SSSR count). The van der Waals surface area contributed by atoms with Gasteiger partial charge in [0.25, 0.3) is 0 Å². The van der Waals surface area contributed by atoms with Crippen LogP contribution in [0.1, 0.15) is 24.8 Å². The van der Waals surface area contributed by atoms with E-state index in [9.17, 15) is 9.59 Å². The second-order valence-corrected chi connectivity index (χ2v) is 11.7. The summed E-state index contributed by atoms with van der Waals surface area (Å²) >= 11 is 1.68. The number of thioether (sulfide) groups is 1. The van der Waals surface area contributed by atoms with Gasteiger partial charge in [-0.25, -0.2) is 0 Å². The highest BCUT2D eigenvalue weighted by Crippen LogP contribution is 2.37. The molecule has 0 aliphatic carbocycles. The zero-order valence-electron chi connectivity index (χ0n) is 23.7. The van der Waals surface area contributed by atoms with Crippen molar-refractivity contribution in [2.24, 2.45) is 5.92 Å². The molecule has 7 nitrogen and oxygen atoms in total. The second kappa shape index (κ2) is 14.4. The van der Waals surface area contributed by atoms with Crippen molar-refractivity contribution in [1.29, 1.82) is 0 Å². The third-order valence-electron chi connectivity index (χ3n) is 7.80. The van der Waals surface area contributed by atoms with E-state index in [1.54, 1.807) is 18.9 Å². The third-order valence-corrected chi connectivity index (χ3v) is 9.02. The van der Waals surface area contributed by atoms with Crippen molar-refractivity contribution in [3.8, 4) is 11.5 Å². The minimum absolute atomic E-state index is 0.0285. The van der Waals surface area contributed by atoms with Crippen LogP contribution in [-0.4, -0.2) is 68.4 Å². The van der Waals surface area contributed by atoms with Gasteiger partial charge in [-0.3, -0.25) is 14.5 Å². The first-order chi connectivity index (χ1) is 20.1. The fourth-order valence-electron chi connectivity index (χ4n) is 5.44. The predicted molar refractivity (Wildman–Crippen MR) is 164 cm³/mol. The van der Waals surface area contributed by atoms with Crippen LogP contribution < -0.4 is 19.7 Å². The number of carbonyl (C=O) groups is 2. The average molecular weight is 574 g/mol. The second-order valence-electron chi connectivity index (χ2n) is 10.6. The minimum Gasteiger partial charge on any atom is -0.497 e. The minimum atomic E-state index is -0.349. The Bertz CT molecular complexity index is 1280. The molecule has 2 aliphatic rings. The van der Waals surface area contributed by atoms with Gasteiger partial charge in [-0.1, -0.05) is 42.5 Å². The van der Waals surface area contributed by atoms with Gasteiger partial charge in [0.05, 0.1) is 18.7 Å². The highest BCUT2D eigenvalue weighted by molar-refractivity contribution is 7.99. The molecule has 0 spiro atoms. The maximum absolute atomic E-state index is 13.7. The van der Waals surface area contributed by atoms with Gasteiger partial charge in [-0.05, 0) is 61.2 Å². The number of likely N-dealkylation sites (tertiary alicyclic amines) is 1. The lowest BCUT2D eigenvalue weighted by molar-refractivity contribution is -0.128. The predicted octanol–water partition coefficient (Wildman–Crippen LogP) is 5.04. The summed E-state index contributed by atoms with van der Waals surface area (Å²) in [6.07, 6.45) is 2.79. The number of hydrogen-bond donors (Lipinski definition) is 1. The molecule has 3 aromatic carbocycles. The number of ether oxygens (including phenoxy) is 2. The van der Waals surface area contributed by atoms with Gasteiger partial charge < -0.3 is 19.7 Å². The van der Waals surface area contributed by atoms with E-state index >= 15 is 0 Å². The first kappa shape index (κ1) is 29.0. The largest absolute Gasteiger partial charge is 0.497 e. The summed E-state index contributed by atoms with van der Waals surface area (Å²) in [5, 5.41) is 3.23. The molecule has 0 saturated carbocycles. The van der Waals surface area contributed by atoms with Crippen LogP contribution in [0.3, 0.4) is 0 Å². The number of methoxy groups -OCH3 is 1. The molecule has 8 heteroatoms. The molecule has 1 saturated heterocycles. The van der Waals surface area contributed by atoms with E-state index in [2.05, 4.69) is 28.4 Å². The Hall–Kier alpha value is -3.49. The molecule has 2 amide bonds. The molecule has 41 heavy (non-hydrogen) atoms. The number of rotatable bonds is 11. The van der Waals surface area contributed by atoms with Crippen LogP contribution in [0.5, 0.6) is 11.5 Å². The first-order valence-corrected chi connectivity index (χ1v) is 15.4. The van der Waals surface area contributed by atoms with Crippen LogP contribution in [0.25, 0.3) is 0 Å². The van der Waals surface area contributed by atoms with Crippen LogP contribution >= 0.6 is 11.8 Å². The number of nitrogens with one attached hydrogen (secondary N) is 1. The number of hydrogen-bond acceptors (Lipinski definition) is 6. The molecule has 0 radical (unpaired) electrons. The molecule has 216 valence electrons. The number of carbonyl (C=O) groups excluding carboxylic acids is 2. The number of fused-ring (bicyclic) bond motifs is 1. The van der Waals surface area contributed by atoms with Crippen molar-refractivity contribution in [3.63, 3.8) is 0 Å². The summed E-state index contributed by atoms with van der Waals surface area (Å²) in [5.74, 6) is 1.92. The van der Waals surface area contributed by atoms with Crippen molar-refractivity contribution >= 4 is 29.3 Å². The van der Waals surface area contributed by atoms with Gasteiger partial charge in [0.15, 0.2) is 0 Å². The Morgan fingerprint density at radius 3 is 2.39 bits per heavy atom. The molecule has 1 atom stereocenters. The summed E-state index contributed by atoms with van der Waals surface area (Å²) in [4.78, 5) is 32.2. The summed E-state index contributed by atoms with van der Waals surface area (Å²) in [5.41, 5.74) is 2.15. The molecule has 3 aromatic rings. The first-order valence-electron chi connectivity index (χ1n) is 14.4. The molecular formula is C33H39N3O4S. The van der Waals surface area contributed by atoms with Crippen LogP contribution in [0, 0.1) is 5.92 Å². The van der Waals surface area contributed by atoms with Gasteiger partial charge in [-0.15, -0.1) is 11.8 Å². The van der Waals surface area contributed by atoms with Crippen LogP contribution in [-0.2, 0) is 16.0 Å². The maximum Gasteiger partial charge on any atom is 0.231 e. The number of nitrogens with zero attached hydrogens (tertiary/aromatic N) is 2. The Kier molecular flexibility index (Phi) is 10.2. The van der Waals surface area contributed by atoms with E-state index in [4.69, 9.17) is 9.47 Å². The van der Waals surface area contributed by atoms with Crippen molar-refractivity contribution in [3.05, 3.63) is 84.4 Å². The topological polar surface area (TPSA) is 71.1 Å². The number of anilines is 1. The van der Waals surface area contributed by atoms with Gasteiger partial charge in [0, 0.05) is 49.3 Å². The molecule has 2 heterocycles. The number of para-hydroxylation sites is 1. The maximum atomic E-state index is 13.7. The summed E-state index contributed by atoms with van der Waals surface area (Å²) < 4.78 is 11.1. The highest BCUT2D eigenvalue weighted by Gasteiger charge is 2.32. The number of amides is 2. The molecule has 1 N–H and O–H groups in total. The van der Waals surface area contributed by atoms with E-state index in [1.165, 1.54) is 5.56 Å². The lowest BCUT2D eigenvalue weighted by atomic mass is 10.0. The van der Waals surface area contributed by atoms with Crippen molar-refractivity contribution in [2.45, 2.75) is 36.6 Å². The Balaban J connectivity index is 1.09.